The normalized spacial score (nSPS) is 20.4. The summed E-state index contributed by atoms with van der Waals surface area (Å²) in [4.78, 5) is 4.12. The van der Waals surface area contributed by atoms with E-state index in [4.69, 9.17) is 9.47 Å². The first-order chi connectivity index (χ1) is 5.47. The maximum Gasteiger partial charge on any atom is 0.180 e. The minimum atomic E-state index is 0.563. The molecule has 0 amide bonds. The van der Waals surface area contributed by atoms with Crippen molar-refractivity contribution in [3.05, 3.63) is 22.7 Å². The van der Waals surface area contributed by atoms with Crippen molar-refractivity contribution in [2.75, 3.05) is 19.8 Å². The molecule has 3 nitrogen and oxygen atoms in total. The van der Waals surface area contributed by atoms with Gasteiger partial charge in [-0.3, -0.25) is 0 Å². The van der Waals surface area contributed by atoms with Crippen LogP contribution in [0, 0.1) is 6.10 Å². The summed E-state index contributed by atoms with van der Waals surface area (Å²) >= 11 is 1.58. The maximum atomic E-state index is 5.36. The first-order valence-corrected chi connectivity index (χ1v) is 4.31. The molecule has 2 heterocycles. The molecule has 2 rings (SSSR count). The van der Waals surface area contributed by atoms with Gasteiger partial charge in [-0.15, -0.1) is 11.3 Å². The first kappa shape index (κ1) is 7.21. The van der Waals surface area contributed by atoms with Crippen LogP contribution in [-0.2, 0) is 9.47 Å². The summed E-state index contributed by atoms with van der Waals surface area (Å²) in [6, 6.07) is 0. The quantitative estimate of drug-likeness (QED) is 0.631. The van der Waals surface area contributed by atoms with Gasteiger partial charge >= 0.3 is 0 Å². The van der Waals surface area contributed by atoms with E-state index in [0.717, 1.165) is 11.1 Å². The molecule has 0 aliphatic carbocycles. The Hall–Kier alpha value is -0.450. The topological polar surface area (TPSA) is 31.4 Å². The van der Waals surface area contributed by atoms with Crippen molar-refractivity contribution in [2.45, 2.75) is 0 Å². The third kappa shape index (κ3) is 1.58. The molecule has 1 radical (unpaired) electrons. The van der Waals surface area contributed by atoms with E-state index < -0.39 is 0 Å². The Bertz CT molecular complexity index is 206. The van der Waals surface area contributed by atoms with E-state index in [0.29, 0.717) is 19.8 Å². The molecule has 0 unspecified atom stereocenters. The smallest absolute Gasteiger partial charge is 0.180 e. The van der Waals surface area contributed by atoms with E-state index in [1.54, 1.807) is 17.5 Å². The fourth-order valence-corrected chi connectivity index (χ4v) is 1.54. The standard InChI is InChI=1S/C7H8NO2S/c1-4-11-7(8-1)6-5-9-2-3-10-6/h1,4H,2-3,5H2. The predicted octanol–water partition coefficient (Wildman–Crippen LogP) is 1.07. The van der Waals surface area contributed by atoms with Crippen LogP contribution in [0.4, 0.5) is 0 Å². The van der Waals surface area contributed by atoms with Crippen LogP contribution < -0.4 is 0 Å². The fraction of sp³-hybridized carbons (Fsp3) is 0.429. The van der Waals surface area contributed by atoms with E-state index in [1.165, 1.54) is 0 Å². The van der Waals surface area contributed by atoms with Gasteiger partial charge < -0.3 is 9.47 Å². The lowest BCUT2D eigenvalue weighted by atomic mass is 10.4. The van der Waals surface area contributed by atoms with Crippen LogP contribution in [0.2, 0.25) is 0 Å². The van der Waals surface area contributed by atoms with Crippen LogP contribution in [0.3, 0.4) is 0 Å². The van der Waals surface area contributed by atoms with Gasteiger partial charge in [-0.1, -0.05) is 0 Å². The van der Waals surface area contributed by atoms with Gasteiger partial charge in [0.05, 0.1) is 19.8 Å². The lowest BCUT2D eigenvalue weighted by Gasteiger charge is -2.19. The van der Waals surface area contributed by atoms with Crippen LogP contribution in [0.1, 0.15) is 5.01 Å². The number of thiazole rings is 1. The summed E-state index contributed by atoms with van der Waals surface area (Å²) < 4.78 is 10.6. The number of hydrogen-bond acceptors (Lipinski definition) is 4. The zero-order valence-electron chi connectivity index (χ0n) is 5.95. The van der Waals surface area contributed by atoms with Gasteiger partial charge in [0.15, 0.2) is 6.10 Å². The fourth-order valence-electron chi connectivity index (χ4n) is 0.915. The lowest BCUT2D eigenvalue weighted by molar-refractivity contribution is -0.0182. The summed E-state index contributed by atoms with van der Waals surface area (Å²) in [6.07, 6.45) is 2.64. The largest absolute Gasteiger partial charge is 0.375 e. The number of rotatable bonds is 1. The van der Waals surface area contributed by atoms with E-state index in [2.05, 4.69) is 4.98 Å². The molecule has 0 N–H and O–H groups in total. The molecule has 1 saturated heterocycles. The Morgan fingerprint density at radius 3 is 3.09 bits per heavy atom. The first-order valence-electron chi connectivity index (χ1n) is 3.43. The highest BCUT2D eigenvalue weighted by atomic mass is 32.1. The van der Waals surface area contributed by atoms with Crippen molar-refractivity contribution in [1.29, 1.82) is 0 Å². The third-order valence-corrected chi connectivity index (χ3v) is 2.22. The van der Waals surface area contributed by atoms with E-state index >= 15 is 0 Å². The molecule has 59 valence electrons. The molecule has 1 aromatic rings. The summed E-state index contributed by atoms with van der Waals surface area (Å²) in [5.74, 6) is 0. The van der Waals surface area contributed by atoms with Gasteiger partial charge in [0.1, 0.15) is 5.01 Å². The highest BCUT2D eigenvalue weighted by molar-refractivity contribution is 7.09. The van der Waals surface area contributed by atoms with Crippen LogP contribution in [0.15, 0.2) is 11.6 Å². The van der Waals surface area contributed by atoms with E-state index in [9.17, 15) is 0 Å². The van der Waals surface area contributed by atoms with Gasteiger partial charge in [-0.2, -0.15) is 0 Å². The molecule has 0 saturated carbocycles. The average Bonchev–Trinajstić information content (AvgIpc) is 2.58. The van der Waals surface area contributed by atoms with Gasteiger partial charge in [-0.25, -0.2) is 4.98 Å². The second kappa shape index (κ2) is 3.30. The second-order valence-corrected chi connectivity index (χ2v) is 3.06. The summed E-state index contributed by atoms with van der Waals surface area (Å²) in [5.41, 5.74) is 0. The Balaban J connectivity index is 2.04. The third-order valence-electron chi connectivity index (χ3n) is 1.41. The zero-order valence-corrected chi connectivity index (χ0v) is 6.76. The molecule has 0 aromatic carbocycles. The van der Waals surface area contributed by atoms with Gasteiger partial charge in [0, 0.05) is 11.6 Å². The minimum Gasteiger partial charge on any atom is -0.375 e. The van der Waals surface area contributed by atoms with E-state index in [-0.39, 0.29) is 0 Å². The minimum absolute atomic E-state index is 0.563. The molecule has 11 heavy (non-hydrogen) atoms. The van der Waals surface area contributed by atoms with Crippen molar-refractivity contribution in [2.24, 2.45) is 0 Å². The molecule has 1 fully saturated rings. The van der Waals surface area contributed by atoms with Crippen molar-refractivity contribution in [3.8, 4) is 0 Å². The Morgan fingerprint density at radius 2 is 2.45 bits per heavy atom. The Kier molecular flexibility index (Phi) is 2.16. The van der Waals surface area contributed by atoms with E-state index in [1.807, 2.05) is 5.38 Å². The van der Waals surface area contributed by atoms with Gasteiger partial charge in [0.2, 0.25) is 0 Å². The highest BCUT2D eigenvalue weighted by Crippen LogP contribution is 2.20. The van der Waals surface area contributed by atoms with Crippen molar-refractivity contribution in [3.63, 3.8) is 0 Å². The molecule has 4 heteroatoms. The Labute approximate surface area is 69.0 Å². The molecule has 0 atom stereocenters. The molecule has 0 spiro atoms. The maximum absolute atomic E-state index is 5.36. The summed E-state index contributed by atoms with van der Waals surface area (Å²) in [6.45, 7) is 1.90. The molecular weight excluding hydrogens is 162 g/mol. The van der Waals surface area contributed by atoms with Crippen molar-refractivity contribution in [1.82, 2.24) is 4.98 Å². The number of aromatic nitrogens is 1. The number of ether oxygens (including phenoxy) is 2. The van der Waals surface area contributed by atoms with Crippen LogP contribution in [-0.4, -0.2) is 24.8 Å². The van der Waals surface area contributed by atoms with Crippen LogP contribution in [0.5, 0.6) is 0 Å². The van der Waals surface area contributed by atoms with Crippen molar-refractivity contribution < 1.29 is 9.47 Å². The molecule has 0 bridgehead atoms. The van der Waals surface area contributed by atoms with Crippen LogP contribution >= 0.6 is 11.3 Å². The molecule has 1 aliphatic heterocycles. The average molecular weight is 170 g/mol. The van der Waals surface area contributed by atoms with Gasteiger partial charge in [-0.05, 0) is 0 Å². The second-order valence-electron chi connectivity index (χ2n) is 2.16. The summed E-state index contributed by atoms with van der Waals surface area (Å²) in [5, 5.41) is 2.87. The highest BCUT2D eigenvalue weighted by Gasteiger charge is 2.19. The SMILES string of the molecule is c1csc([C]2COCCO2)n1. The molecule has 1 aliphatic rings. The summed E-state index contributed by atoms with van der Waals surface area (Å²) in [7, 11) is 0. The van der Waals surface area contributed by atoms with Gasteiger partial charge in [0.25, 0.3) is 0 Å². The predicted molar refractivity (Wildman–Crippen MR) is 41.2 cm³/mol. The van der Waals surface area contributed by atoms with Crippen molar-refractivity contribution >= 4 is 11.3 Å². The lowest BCUT2D eigenvalue weighted by Crippen LogP contribution is -2.22. The number of nitrogens with zero attached hydrogens (tertiary/aromatic N) is 1. The van der Waals surface area contributed by atoms with Crippen LogP contribution in [0.25, 0.3) is 0 Å². The number of hydrogen-bond donors (Lipinski definition) is 0. The molecule has 1 aromatic heterocycles. The zero-order chi connectivity index (χ0) is 7.52. The Morgan fingerprint density at radius 1 is 1.45 bits per heavy atom. The monoisotopic (exact) mass is 170 g/mol. The molecular formula is C7H8NO2S.